The molecule has 1 saturated carbocycles. The van der Waals surface area contributed by atoms with Gasteiger partial charge in [0.05, 0.1) is 5.69 Å². The molecule has 110 valence electrons. The van der Waals surface area contributed by atoms with Crippen LogP contribution in [0.4, 0.5) is 0 Å². The zero-order valence-corrected chi connectivity index (χ0v) is 12.9. The molecule has 0 bridgehead atoms. The highest BCUT2D eigenvalue weighted by atomic mass is 15.1. The highest BCUT2D eigenvalue weighted by Crippen LogP contribution is 2.31. The van der Waals surface area contributed by atoms with E-state index in [1.54, 1.807) is 0 Å². The van der Waals surface area contributed by atoms with E-state index in [0.717, 1.165) is 31.3 Å². The number of aromatic nitrogens is 2. The second-order valence-electron chi connectivity index (χ2n) is 6.91. The standard InChI is InChI=1S/C17H27N3/c1-13(2)11-20-9-8-15-10-18-17(19-16(15)12-20)14-6-4-3-5-7-14/h10,13-14H,3-9,11-12H2,1-2H3. The minimum absolute atomic E-state index is 0.620. The molecule has 1 fully saturated rings. The van der Waals surface area contributed by atoms with Crippen LogP contribution in [0, 0.1) is 5.92 Å². The molecule has 0 amide bonds. The van der Waals surface area contributed by atoms with Gasteiger partial charge in [0.2, 0.25) is 0 Å². The summed E-state index contributed by atoms with van der Waals surface area (Å²) in [6.07, 6.45) is 9.90. The van der Waals surface area contributed by atoms with Crippen molar-refractivity contribution in [2.24, 2.45) is 5.92 Å². The average Bonchev–Trinajstić information content (AvgIpc) is 2.47. The first-order valence-electron chi connectivity index (χ1n) is 8.29. The molecular weight excluding hydrogens is 246 g/mol. The summed E-state index contributed by atoms with van der Waals surface area (Å²) in [5.41, 5.74) is 2.68. The van der Waals surface area contributed by atoms with Gasteiger partial charge in [-0.1, -0.05) is 33.1 Å². The molecule has 1 aliphatic heterocycles. The first-order chi connectivity index (χ1) is 9.72. The van der Waals surface area contributed by atoms with Gasteiger partial charge >= 0.3 is 0 Å². The molecule has 0 spiro atoms. The van der Waals surface area contributed by atoms with Crippen LogP contribution in [0.1, 0.15) is 69.0 Å². The summed E-state index contributed by atoms with van der Waals surface area (Å²) in [4.78, 5) is 12.2. The Morgan fingerprint density at radius 2 is 2.05 bits per heavy atom. The Bertz CT molecular complexity index is 450. The molecule has 0 aromatic carbocycles. The molecule has 1 aliphatic carbocycles. The Morgan fingerprint density at radius 3 is 2.80 bits per heavy atom. The Balaban J connectivity index is 1.74. The highest BCUT2D eigenvalue weighted by molar-refractivity contribution is 5.21. The summed E-state index contributed by atoms with van der Waals surface area (Å²) in [5, 5.41) is 0. The number of hydrogen-bond donors (Lipinski definition) is 0. The molecule has 0 unspecified atom stereocenters. The quantitative estimate of drug-likeness (QED) is 0.843. The predicted molar refractivity (Wildman–Crippen MR) is 81.7 cm³/mol. The normalized spacial score (nSPS) is 21.1. The minimum atomic E-state index is 0.620. The van der Waals surface area contributed by atoms with Crippen molar-refractivity contribution in [2.75, 3.05) is 13.1 Å². The summed E-state index contributed by atoms with van der Waals surface area (Å²) in [7, 11) is 0. The fourth-order valence-corrected chi connectivity index (χ4v) is 3.60. The lowest BCUT2D eigenvalue weighted by molar-refractivity contribution is 0.222. The smallest absolute Gasteiger partial charge is 0.131 e. The van der Waals surface area contributed by atoms with Crippen LogP contribution in [0.2, 0.25) is 0 Å². The zero-order chi connectivity index (χ0) is 13.9. The van der Waals surface area contributed by atoms with E-state index < -0.39 is 0 Å². The molecular formula is C17H27N3. The monoisotopic (exact) mass is 273 g/mol. The summed E-state index contributed by atoms with van der Waals surface area (Å²) in [6.45, 7) is 7.96. The third kappa shape index (κ3) is 3.20. The Morgan fingerprint density at radius 1 is 1.25 bits per heavy atom. The van der Waals surface area contributed by atoms with Gasteiger partial charge in [0, 0.05) is 31.7 Å². The van der Waals surface area contributed by atoms with Crippen LogP contribution in [0.25, 0.3) is 0 Å². The third-order valence-corrected chi connectivity index (χ3v) is 4.64. The fourth-order valence-electron chi connectivity index (χ4n) is 3.60. The molecule has 0 saturated heterocycles. The van der Waals surface area contributed by atoms with Crippen molar-refractivity contribution in [3.05, 3.63) is 23.3 Å². The number of hydrogen-bond acceptors (Lipinski definition) is 3. The van der Waals surface area contributed by atoms with Gasteiger partial charge in [-0.05, 0) is 30.7 Å². The first kappa shape index (κ1) is 14.0. The van der Waals surface area contributed by atoms with Crippen LogP contribution >= 0.6 is 0 Å². The van der Waals surface area contributed by atoms with E-state index in [2.05, 4.69) is 29.9 Å². The Hall–Kier alpha value is -0.960. The van der Waals surface area contributed by atoms with Crippen LogP contribution in [0.3, 0.4) is 0 Å². The lowest BCUT2D eigenvalue weighted by atomic mass is 9.88. The van der Waals surface area contributed by atoms with Gasteiger partial charge in [-0.3, -0.25) is 4.90 Å². The largest absolute Gasteiger partial charge is 0.297 e. The van der Waals surface area contributed by atoms with E-state index in [1.165, 1.54) is 49.9 Å². The van der Waals surface area contributed by atoms with Gasteiger partial charge in [0.25, 0.3) is 0 Å². The maximum absolute atomic E-state index is 4.94. The molecule has 20 heavy (non-hydrogen) atoms. The molecule has 0 radical (unpaired) electrons. The molecule has 3 rings (SSSR count). The molecule has 0 N–H and O–H groups in total. The van der Waals surface area contributed by atoms with Crippen LogP contribution in [0.15, 0.2) is 6.20 Å². The van der Waals surface area contributed by atoms with Gasteiger partial charge in [0.15, 0.2) is 0 Å². The summed E-state index contributed by atoms with van der Waals surface area (Å²) >= 11 is 0. The van der Waals surface area contributed by atoms with Crippen molar-refractivity contribution in [1.29, 1.82) is 0 Å². The van der Waals surface area contributed by atoms with Gasteiger partial charge < -0.3 is 0 Å². The molecule has 3 nitrogen and oxygen atoms in total. The molecule has 1 aromatic rings. The SMILES string of the molecule is CC(C)CN1CCc2cnc(C3CCCCC3)nc2C1. The lowest BCUT2D eigenvalue weighted by Crippen LogP contribution is -2.34. The van der Waals surface area contributed by atoms with Crippen molar-refractivity contribution in [3.8, 4) is 0 Å². The highest BCUT2D eigenvalue weighted by Gasteiger charge is 2.22. The average molecular weight is 273 g/mol. The second kappa shape index (κ2) is 6.21. The predicted octanol–water partition coefficient (Wildman–Crippen LogP) is 3.54. The Kier molecular flexibility index (Phi) is 4.35. The van der Waals surface area contributed by atoms with E-state index in [0.29, 0.717) is 5.92 Å². The lowest BCUT2D eigenvalue weighted by Gasteiger charge is -2.30. The van der Waals surface area contributed by atoms with Crippen molar-refractivity contribution in [1.82, 2.24) is 14.9 Å². The maximum atomic E-state index is 4.94. The van der Waals surface area contributed by atoms with E-state index in [-0.39, 0.29) is 0 Å². The van der Waals surface area contributed by atoms with E-state index in [1.807, 2.05) is 0 Å². The first-order valence-corrected chi connectivity index (χ1v) is 8.29. The van der Waals surface area contributed by atoms with Gasteiger partial charge in [-0.15, -0.1) is 0 Å². The topological polar surface area (TPSA) is 29.0 Å². The molecule has 0 atom stereocenters. The van der Waals surface area contributed by atoms with E-state index in [9.17, 15) is 0 Å². The minimum Gasteiger partial charge on any atom is -0.297 e. The summed E-state index contributed by atoms with van der Waals surface area (Å²) in [5.74, 6) is 2.47. The molecule has 2 aliphatic rings. The van der Waals surface area contributed by atoms with Crippen molar-refractivity contribution < 1.29 is 0 Å². The van der Waals surface area contributed by atoms with Crippen LogP contribution in [-0.4, -0.2) is 28.0 Å². The van der Waals surface area contributed by atoms with Gasteiger partial charge in [0.1, 0.15) is 5.82 Å². The van der Waals surface area contributed by atoms with E-state index in [4.69, 9.17) is 4.98 Å². The van der Waals surface area contributed by atoms with Crippen molar-refractivity contribution in [3.63, 3.8) is 0 Å². The van der Waals surface area contributed by atoms with Gasteiger partial charge in [-0.25, -0.2) is 9.97 Å². The summed E-state index contributed by atoms with van der Waals surface area (Å²) in [6, 6.07) is 0. The Labute approximate surface area is 122 Å². The molecule has 3 heteroatoms. The number of fused-ring (bicyclic) bond motifs is 1. The van der Waals surface area contributed by atoms with Crippen LogP contribution in [0.5, 0.6) is 0 Å². The fraction of sp³-hybridized carbons (Fsp3) is 0.765. The molecule has 1 aromatic heterocycles. The van der Waals surface area contributed by atoms with E-state index >= 15 is 0 Å². The number of rotatable bonds is 3. The molecule has 2 heterocycles. The zero-order valence-electron chi connectivity index (χ0n) is 12.9. The van der Waals surface area contributed by atoms with Crippen molar-refractivity contribution >= 4 is 0 Å². The van der Waals surface area contributed by atoms with Crippen LogP contribution in [-0.2, 0) is 13.0 Å². The van der Waals surface area contributed by atoms with Crippen molar-refractivity contribution in [2.45, 2.75) is 64.8 Å². The van der Waals surface area contributed by atoms with Crippen LogP contribution < -0.4 is 0 Å². The maximum Gasteiger partial charge on any atom is 0.131 e. The third-order valence-electron chi connectivity index (χ3n) is 4.64. The van der Waals surface area contributed by atoms with Gasteiger partial charge in [-0.2, -0.15) is 0 Å². The number of nitrogens with zero attached hydrogens (tertiary/aromatic N) is 3. The second-order valence-corrected chi connectivity index (χ2v) is 6.91. The summed E-state index contributed by atoms with van der Waals surface area (Å²) < 4.78 is 0.